The number of fused-ring (bicyclic) bond motifs is 1. The van der Waals surface area contributed by atoms with Crippen LogP contribution in [0.1, 0.15) is 17.0 Å². The highest BCUT2D eigenvalue weighted by Crippen LogP contribution is 2.23. The molecular formula is C18H17N5O3S. The highest BCUT2D eigenvalue weighted by molar-refractivity contribution is 7.93. The number of sulfonamides is 1. The molecular weight excluding hydrogens is 366 g/mol. The van der Waals surface area contributed by atoms with Crippen LogP contribution < -0.4 is 4.72 Å². The molecule has 0 aliphatic rings. The van der Waals surface area contributed by atoms with Crippen LogP contribution in [0.3, 0.4) is 0 Å². The van der Waals surface area contributed by atoms with Gasteiger partial charge in [-0.15, -0.1) is 0 Å². The fourth-order valence-electron chi connectivity index (χ4n) is 2.95. The van der Waals surface area contributed by atoms with E-state index in [-0.39, 0.29) is 10.4 Å². The van der Waals surface area contributed by atoms with Crippen molar-refractivity contribution in [3.05, 3.63) is 65.5 Å². The molecule has 0 unspecified atom stereocenters. The van der Waals surface area contributed by atoms with Gasteiger partial charge in [-0.25, -0.2) is 13.0 Å². The van der Waals surface area contributed by atoms with Gasteiger partial charge in [-0.2, -0.15) is 5.10 Å². The molecule has 0 radical (unpaired) electrons. The molecule has 0 bridgehead atoms. The van der Waals surface area contributed by atoms with Crippen LogP contribution in [0.25, 0.3) is 11.0 Å². The zero-order valence-electron chi connectivity index (χ0n) is 14.7. The van der Waals surface area contributed by atoms with E-state index in [2.05, 4.69) is 24.8 Å². The van der Waals surface area contributed by atoms with E-state index >= 15 is 0 Å². The minimum Gasteiger partial charge on any atom is -0.280 e. The zero-order valence-corrected chi connectivity index (χ0v) is 15.6. The van der Waals surface area contributed by atoms with Gasteiger partial charge in [-0.1, -0.05) is 18.2 Å². The molecule has 2 heterocycles. The van der Waals surface area contributed by atoms with Crippen molar-refractivity contribution in [1.82, 2.24) is 20.1 Å². The van der Waals surface area contributed by atoms with Crippen molar-refractivity contribution in [2.75, 3.05) is 4.72 Å². The molecule has 0 amide bonds. The number of aromatic nitrogens is 4. The number of hydrogen-bond acceptors (Lipinski definition) is 6. The lowest BCUT2D eigenvalue weighted by Crippen LogP contribution is -2.14. The zero-order chi connectivity index (χ0) is 19.0. The Kier molecular flexibility index (Phi) is 4.15. The second-order valence-electron chi connectivity index (χ2n) is 6.28. The Balaban J connectivity index is 1.63. The fraction of sp³-hybridized carbons (Fsp3) is 0.167. The quantitative estimate of drug-likeness (QED) is 0.568. The number of benzene rings is 2. The standard InChI is InChI=1S/C18H17N5O3S/c1-12-9-13(2)23(19-12)11-14-5-3-6-15(10-14)22-27(24,25)17-8-4-7-16-18(17)21-26-20-16/h3-10,22H,11H2,1-2H3. The maximum atomic E-state index is 12.8. The van der Waals surface area contributed by atoms with E-state index in [1.807, 2.05) is 30.7 Å². The van der Waals surface area contributed by atoms with Crippen LogP contribution in [0.15, 0.2) is 58.1 Å². The molecule has 0 saturated heterocycles. The first-order valence-corrected chi connectivity index (χ1v) is 9.75. The van der Waals surface area contributed by atoms with Gasteiger partial charge in [0.25, 0.3) is 10.0 Å². The van der Waals surface area contributed by atoms with Crippen molar-refractivity contribution in [2.45, 2.75) is 25.3 Å². The predicted molar refractivity (Wildman–Crippen MR) is 99.9 cm³/mol. The summed E-state index contributed by atoms with van der Waals surface area (Å²) in [7, 11) is -3.84. The topological polar surface area (TPSA) is 103 Å². The molecule has 0 atom stereocenters. The van der Waals surface area contributed by atoms with Crippen LogP contribution in [0.2, 0.25) is 0 Å². The lowest BCUT2D eigenvalue weighted by Gasteiger charge is -2.10. The van der Waals surface area contributed by atoms with Gasteiger partial charge < -0.3 is 0 Å². The van der Waals surface area contributed by atoms with E-state index in [0.717, 1.165) is 17.0 Å². The monoisotopic (exact) mass is 383 g/mol. The van der Waals surface area contributed by atoms with Gasteiger partial charge in [-0.3, -0.25) is 9.40 Å². The first-order valence-electron chi connectivity index (χ1n) is 8.26. The highest BCUT2D eigenvalue weighted by atomic mass is 32.2. The minimum absolute atomic E-state index is 0.0187. The summed E-state index contributed by atoms with van der Waals surface area (Å²) in [6, 6.07) is 13.9. The first kappa shape index (κ1) is 17.2. The third-order valence-electron chi connectivity index (χ3n) is 4.15. The molecule has 2 aromatic carbocycles. The van der Waals surface area contributed by atoms with Crippen molar-refractivity contribution >= 4 is 26.7 Å². The van der Waals surface area contributed by atoms with Crippen molar-refractivity contribution in [2.24, 2.45) is 0 Å². The number of nitrogens with zero attached hydrogens (tertiary/aromatic N) is 4. The summed E-state index contributed by atoms with van der Waals surface area (Å²) in [5.74, 6) is 0. The molecule has 2 aromatic heterocycles. The maximum absolute atomic E-state index is 12.8. The summed E-state index contributed by atoms with van der Waals surface area (Å²) in [4.78, 5) is 0.0187. The number of nitrogens with one attached hydrogen (secondary N) is 1. The van der Waals surface area contributed by atoms with Crippen LogP contribution in [-0.4, -0.2) is 28.5 Å². The number of anilines is 1. The predicted octanol–water partition coefficient (Wildman–Crippen LogP) is 2.89. The Morgan fingerprint density at radius 2 is 1.89 bits per heavy atom. The maximum Gasteiger partial charge on any atom is 0.264 e. The van der Waals surface area contributed by atoms with E-state index in [0.29, 0.717) is 17.7 Å². The number of hydrogen-bond donors (Lipinski definition) is 1. The van der Waals surface area contributed by atoms with Crippen molar-refractivity contribution in [3.63, 3.8) is 0 Å². The second kappa shape index (κ2) is 6.51. The number of rotatable bonds is 5. The minimum atomic E-state index is -3.84. The van der Waals surface area contributed by atoms with Crippen LogP contribution in [0, 0.1) is 13.8 Å². The summed E-state index contributed by atoms with van der Waals surface area (Å²) < 4.78 is 34.7. The average Bonchev–Trinajstić information content (AvgIpc) is 3.20. The largest absolute Gasteiger partial charge is 0.280 e. The molecule has 1 N–H and O–H groups in total. The van der Waals surface area contributed by atoms with Crippen molar-refractivity contribution in [3.8, 4) is 0 Å². The summed E-state index contributed by atoms with van der Waals surface area (Å²) in [6.45, 7) is 4.48. The van der Waals surface area contributed by atoms with Gasteiger partial charge in [0.15, 0.2) is 5.52 Å². The summed E-state index contributed by atoms with van der Waals surface area (Å²) in [6.07, 6.45) is 0. The Hall–Kier alpha value is -3.20. The molecule has 8 nitrogen and oxygen atoms in total. The average molecular weight is 383 g/mol. The van der Waals surface area contributed by atoms with Gasteiger partial charge in [0, 0.05) is 11.4 Å². The summed E-state index contributed by atoms with van der Waals surface area (Å²) in [5.41, 5.74) is 3.97. The van der Waals surface area contributed by atoms with Crippen LogP contribution >= 0.6 is 0 Å². The lowest BCUT2D eigenvalue weighted by molar-refractivity contribution is 0.315. The molecule has 0 aliphatic carbocycles. The molecule has 0 fully saturated rings. The normalized spacial score (nSPS) is 11.8. The third-order valence-corrected chi connectivity index (χ3v) is 5.57. The van der Waals surface area contributed by atoms with Gasteiger partial charge in [-0.05, 0) is 60.1 Å². The smallest absolute Gasteiger partial charge is 0.264 e. The molecule has 9 heteroatoms. The molecule has 138 valence electrons. The summed E-state index contributed by atoms with van der Waals surface area (Å²) in [5, 5.41) is 11.8. The van der Waals surface area contributed by atoms with E-state index < -0.39 is 10.0 Å². The van der Waals surface area contributed by atoms with Gasteiger partial charge >= 0.3 is 0 Å². The van der Waals surface area contributed by atoms with Crippen LogP contribution in [-0.2, 0) is 16.6 Å². The molecule has 0 saturated carbocycles. The highest BCUT2D eigenvalue weighted by Gasteiger charge is 2.20. The Labute approximate surface area is 155 Å². The summed E-state index contributed by atoms with van der Waals surface area (Å²) >= 11 is 0. The number of aryl methyl sites for hydroxylation is 2. The molecule has 4 rings (SSSR count). The molecule has 27 heavy (non-hydrogen) atoms. The van der Waals surface area contributed by atoms with Gasteiger partial charge in [0.2, 0.25) is 0 Å². The van der Waals surface area contributed by atoms with E-state index in [9.17, 15) is 8.42 Å². The molecule has 0 aliphatic heterocycles. The lowest BCUT2D eigenvalue weighted by atomic mass is 10.2. The SMILES string of the molecule is Cc1cc(C)n(Cc2cccc(NS(=O)(=O)c3cccc4nonc34)c2)n1. The first-order chi connectivity index (χ1) is 12.9. The van der Waals surface area contributed by atoms with E-state index in [1.165, 1.54) is 6.07 Å². The second-order valence-corrected chi connectivity index (χ2v) is 7.93. The third kappa shape index (κ3) is 3.41. The van der Waals surface area contributed by atoms with Crippen molar-refractivity contribution in [1.29, 1.82) is 0 Å². The van der Waals surface area contributed by atoms with Gasteiger partial charge in [0.1, 0.15) is 10.4 Å². The Morgan fingerprint density at radius 3 is 2.67 bits per heavy atom. The van der Waals surface area contributed by atoms with Crippen LogP contribution in [0.5, 0.6) is 0 Å². The molecule has 0 spiro atoms. The Morgan fingerprint density at radius 1 is 1.07 bits per heavy atom. The van der Waals surface area contributed by atoms with Crippen molar-refractivity contribution < 1.29 is 13.0 Å². The van der Waals surface area contributed by atoms with E-state index in [4.69, 9.17) is 0 Å². The molecule has 4 aromatic rings. The van der Waals surface area contributed by atoms with Crippen LogP contribution in [0.4, 0.5) is 5.69 Å². The van der Waals surface area contributed by atoms with E-state index in [1.54, 1.807) is 30.3 Å². The fourth-order valence-corrected chi connectivity index (χ4v) is 4.15. The van der Waals surface area contributed by atoms with Gasteiger partial charge in [0.05, 0.1) is 12.2 Å². The Bertz CT molecular complexity index is 1230.